The van der Waals surface area contributed by atoms with Gasteiger partial charge in [-0.2, -0.15) is 0 Å². The van der Waals surface area contributed by atoms with E-state index in [0.717, 1.165) is 19.3 Å². The molecule has 2 fully saturated rings. The number of unbranched alkanes of at least 4 members (excludes halogenated alkanes) is 1. The number of carbonyl (C=O) groups is 1. The van der Waals surface area contributed by atoms with Gasteiger partial charge in [0.15, 0.2) is 18.4 Å². The van der Waals surface area contributed by atoms with E-state index in [1.807, 2.05) is 0 Å². The topological polar surface area (TPSA) is 26.3 Å². The fourth-order valence-electron chi connectivity index (χ4n) is 4.54. The van der Waals surface area contributed by atoms with Gasteiger partial charge in [-0.15, -0.1) is 0 Å². The van der Waals surface area contributed by atoms with Crippen molar-refractivity contribution < 1.29 is 9.22 Å². The van der Waals surface area contributed by atoms with Gasteiger partial charge >= 0.3 is 0 Å². The second-order valence-electron chi connectivity index (χ2n) is 10.1. The van der Waals surface area contributed by atoms with E-state index in [-0.39, 0.29) is 16.7 Å². The average Bonchev–Trinajstić information content (AvgIpc) is 3.01. The van der Waals surface area contributed by atoms with Crippen molar-refractivity contribution >= 4 is 37.3 Å². The van der Waals surface area contributed by atoms with E-state index < -0.39 is 12.7 Å². The van der Waals surface area contributed by atoms with Gasteiger partial charge < -0.3 is 4.43 Å². The van der Waals surface area contributed by atoms with E-state index in [9.17, 15) is 4.79 Å². The molecule has 0 aromatic rings. The fourth-order valence-corrected chi connectivity index (χ4v) is 6.71. The highest BCUT2D eigenvalue weighted by molar-refractivity contribution is 6.74. The van der Waals surface area contributed by atoms with E-state index >= 15 is 0 Å². The molecule has 0 bridgehead atoms. The number of ketones is 1. The number of alkyl halides is 2. The highest BCUT2D eigenvalue weighted by Crippen LogP contribution is 2.56. The zero-order valence-corrected chi connectivity index (χ0v) is 20.1. The smallest absolute Gasteiger partial charge is 0.192 e. The monoisotopic (exact) mass is 420 g/mol. The van der Waals surface area contributed by atoms with Crippen LogP contribution in [0.4, 0.5) is 0 Å². The molecule has 0 aromatic heterocycles. The molecule has 0 spiro atoms. The average molecular weight is 422 g/mol. The van der Waals surface area contributed by atoms with Crippen molar-refractivity contribution in [3.63, 3.8) is 0 Å². The Morgan fingerprint density at radius 3 is 2.46 bits per heavy atom. The molecule has 0 saturated heterocycles. The van der Waals surface area contributed by atoms with Gasteiger partial charge in [0.25, 0.3) is 0 Å². The minimum Gasteiger partial charge on any atom is -0.414 e. The lowest BCUT2D eigenvalue weighted by atomic mass is 9.87. The first-order valence-electron chi connectivity index (χ1n) is 10.5. The summed E-state index contributed by atoms with van der Waals surface area (Å²) in [4.78, 5) is 12.1. The molecule has 4 atom stereocenters. The summed E-state index contributed by atoms with van der Waals surface area (Å²) in [5.41, 5.74) is 0. The summed E-state index contributed by atoms with van der Waals surface area (Å²) < 4.78 is 5.49. The molecule has 0 N–H and O–H groups in total. The molecule has 26 heavy (non-hydrogen) atoms. The van der Waals surface area contributed by atoms with E-state index in [4.69, 9.17) is 27.6 Å². The third-order valence-corrected chi connectivity index (χ3v) is 12.8. The highest BCUT2D eigenvalue weighted by Gasteiger charge is 2.57. The van der Waals surface area contributed by atoms with E-state index in [1.54, 1.807) is 0 Å². The van der Waals surface area contributed by atoms with Gasteiger partial charge in [0, 0.05) is 18.4 Å². The number of Topliss-reactive ketones (excluding diaryl/α,β-unsaturated/α-hetero) is 1. The molecule has 0 aliphatic heterocycles. The normalized spacial score (nSPS) is 29.8. The van der Waals surface area contributed by atoms with Crippen LogP contribution in [0.3, 0.4) is 0 Å². The number of halogens is 2. The van der Waals surface area contributed by atoms with Crippen LogP contribution in [0.15, 0.2) is 0 Å². The predicted molar refractivity (Wildman–Crippen MR) is 115 cm³/mol. The standard InChI is InChI=1S/C21H38Cl2O2Si/c1-7-16(25-26(5,6)20(2,3)4)11-9-8-10-15-12-13-18-17(15)14-19(24)21(18,22)23/h15-18H,7-14H2,1-6H3. The Morgan fingerprint density at radius 2 is 1.88 bits per heavy atom. The third-order valence-electron chi connectivity index (χ3n) is 7.30. The van der Waals surface area contributed by atoms with Crippen molar-refractivity contribution in [2.45, 2.75) is 108 Å². The van der Waals surface area contributed by atoms with E-state index in [2.05, 4.69) is 40.8 Å². The van der Waals surface area contributed by atoms with Crippen LogP contribution in [-0.2, 0) is 9.22 Å². The predicted octanol–water partition coefficient (Wildman–Crippen LogP) is 7.14. The number of hydrogen-bond donors (Lipinski definition) is 0. The van der Waals surface area contributed by atoms with Crippen LogP contribution in [0.5, 0.6) is 0 Å². The Kier molecular flexibility index (Phi) is 7.36. The van der Waals surface area contributed by atoms with Gasteiger partial charge in [-0.25, -0.2) is 0 Å². The van der Waals surface area contributed by atoms with Gasteiger partial charge in [0.2, 0.25) is 0 Å². The Balaban J connectivity index is 1.76. The van der Waals surface area contributed by atoms with Crippen molar-refractivity contribution in [1.29, 1.82) is 0 Å². The third kappa shape index (κ3) is 4.88. The van der Waals surface area contributed by atoms with Gasteiger partial charge in [0.05, 0.1) is 0 Å². The molecule has 152 valence electrons. The molecule has 5 heteroatoms. The van der Waals surface area contributed by atoms with Crippen molar-refractivity contribution in [2.24, 2.45) is 17.8 Å². The Labute approximate surface area is 171 Å². The first-order chi connectivity index (χ1) is 11.9. The largest absolute Gasteiger partial charge is 0.414 e. The summed E-state index contributed by atoms with van der Waals surface area (Å²) in [5, 5.41) is 0.268. The van der Waals surface area contributed by atoms with Crippen LogP contribution in [0.1, 0.15) is 79.1 Å². The van der Waals surface area contributed by atoms with Crippen LogP contribution in [0.2, 0.25) is 18.1 Å². The number of fused-ring (bicyclic) bond motifs is 1. The molecule has 2 rings (SSSR count). The highest BCUT2D eigenvalue weighted by atomic mass is 35.5. The van der Waals surface area contributed by atoms with Crippen LogP contribution >= 0.6 is 23.2 Å². The quantitative estimate of drug-likeness (QED) is 0.237. The van der Waals surface area contributed by atoms with Crippen LogP contribution < -0.4 is 0 Å². The summed E-state index contributed by atoms with van der Waals surface area (Å²) in [7, 11) is -1.68. The SMILES string of the molecule is CCC(CCCCC1CCC2C1CC(=O)C2(Cl)Cl)O[Si](C)(C)C(C)(C)C. The van der Waals surface area contributed by atoms with Crippen molar-refractivity contribution in [2.75, 3.05) is 0 Å². The molecule has 2 aliphatic rings. The maximum absolute atomic E-state index is 12.1. The molecule has 2 saturated carbocycles. The minimum absolute atomic E-state index is 0.0503. The van der Waals surface area contributed by atoms with E-state index in [1.165, 1.54) is 25.7 Å². The number of carbonyl (C=O) groups excluding carboxylic acids is 1. The Bertz CT molecular complexity index is 499. The van der Waals surface area contributed by atoms with Gasteiger partial charge in [-0.05, 0) is 55.7 Å². The molecule has 0 amide bonds. The summed E-state index contributed by atoms with van der Waals surface area (Å²) >= 11 is 12.6. The zero-order chi connectivity index (χ0) is 19.8. The first kappa shape index (κ1) is 22.7. The summed E-state index contributed by atoms with van der Waals surface area (Å²) in [5.74, 6) is 1.29. The zero-order valence-electron chi connectivity index (χ0n) is 17.5. The number of hydrogen-bond acceptors (Lipinski definition) is 2. The molecule has 0 radical (unpaired) electrons. The molecule has 2 nitrogen and oxygen atoms in total. The minimum atomic E-state index is -1.68. The van der Waals surface area contributed by atoms with Crippen LogP contribution in [-0.4, -0.2) is 24.5 Å². The summed E-state index contributed by atoms with van der Waals surface area (Å²) in [6.07, 6.45) is 9.05. The molecule has 0 aromatic carbocycles. The number of rotatable bonds is 8. The maximum Gasteiger partial charge on any atom is 0.192 e. The van der Waals surface area contributed by atoms with Crippen molar-refractivity contribution in [1.82, 2.24) is 0 Å². The lowest BCUT2D eigenvalue weighted by Crippen LogP contribution is -2.43. The van der Waals surface area contributed by atoms with Crippen molar-refractivity contribution in [3.8, 4) is 0 Å². The van der Waals surface area contributed by atoms with Crippen molar-refractivity contribution in [3.05, 3.63) is 0 Å². The van der Waals surface area contributed by atoms with Gasteiger partial charge in [-0.1, -0.05) is 70.2 Å². The first-order valence-corrected chi connectivity index (χ1v) is 14.2. The molecule has 4 unspecified atom stereocenters. The second-order valence-corrected chi connectivity index (χ2v) is 16.2. The fraction of sp³-hybridized carbons (Fsp3) is 0.952. The Morgan fingerprint density at radius 1 is 1.23 bits per heavy atom. The molecule has 0 heterocycles. The van der Waals surface area contributed by atoms with Gasteiger partial charge in [-0.3, -0.25) is 4.79 Å². The molecule has 2 aliphatic carbocycles. The lowest BCUT2D eigenvalue weighted by Gasteiger charge is -2.39. The van der Waals surface area contributed by atoms with Crippen LogP contribution in [0.25, 0.3) is 0 Å². The lowest BCUT2D eigenvalue weighted by molar-refractivity contribution is -0.118. The Hall–Kier alpha value is 0.427. The van der Waals surface area contributed by atoms with Gasteiger partial charge in [0.1, 0.15) is 0 Å². The van der Waals surface area contributed by atoms with E-state index in [0.29, 0.717) is 24.4 Å². The van der Waals surface area contributed by atoms with Crippen LogP contribution in [0, 0.1) is 17.8 Å². The maximum atomic E-state index is 12.1. The summed E-state index contributed by atoms with van der Waals surface area (Å²) in [6.45, 7) is 13.8. The molecular formula is C21H38Cl2O2Si. The summed E-state index contributed by atoms with van der Waals surface area (Å²) in [6, 6.07) is 0. The second kappa shape index (κ2) is 8.43. The molecular weight excluding hydrogens is 383 g/mol.